The quantitative estimate of drug-likeness (QED) is 0.782. The van der Waals surface area contributed by atoms with Gasteiger partial charge in [0, 0.05) is 33.2 Å². The minimum Gasteiger partial charge on any atom is -0.381 e. The van der Waals surface area contributed by atoms with Gasteiger partial charge in [0.2, 0.25) is 0 Å². The third-order valence-corrected chi connectivity index (χ3v) is 4.17. The standard InChI is InChI=1S/C13H23N3O/c1-17-12-4-2-5-13(10-12,11-14)16-8-3-6-15-7-9-16/h12,15H,2-10H2,1H3. The minimum absolute atomic E-state index is 0.264. The van der Waals surface area contributed by atoms with Gasteiger partial charge < -0.3 is 10.1 Å². The molecule has 1 N–H and O–H groups in total. The molecule has 1 aliphatic heterocycles. The van der Waals surface area contributed by atoms with Crippen LogP contribution in [0, 0.1) is 11.3 Å². The molecule has 0 aromatic rings. The van der Waals surface area contributed by atoms with Crippen molar-refractivity contribution < 1.29 is 4.74 Å². The van der Waals surface area contributed by atoms with Crippen molar-refractivity contribution >= 4 is 0 Å². The number of nitriles is 1. The Kier molecular flexibility index (Phi) is 4.38. The fourth-order valence-corrected chi connectivity index (χ4v) is 3.14. The molecule has 0 aromatic heterocycles. The third-order valence-electron chi connectivity index (χ3n) is 4.17. The van der Waals surface area contributed by atoms with E-state index in [1.807, 2.05) is 0 Å². The Morgan fingerprint density at radius 1 is 1.35 bits per heavy atom. The van der Waals surface area contributed by atoms with Crippen molar-refractivity contribution in [2.75, 3.05) is 33.3 Å². The molecule has 2 fully saturated rings. The predicted octanol–water partition coefficient (Wildman–Crippen LogP) is 1.13. The molecule has 1 saturated carbocycles. The second-order valence-corrected chi connectivity index (χ2v) is 5.19. The lowest BCUT2D eigenvalue weighted by atomic mass is 9.79. The maximum atomic E-state index is 9.63. The molecule has 2 aliphatic rings. The first-order valence-corrected chi connectivity index (χ1v) is 6.70. The molecule has 0 amide bonds. The molecule has 0 radical (unpaired) electrons. The van der Waals surface area contributed by atoms with Gasteiger partial charge in [0.05, 0.1) is 12.2 Å². The number of ether oxygens (including phenoxy) is 1. The van der Waals surface area contributed by atoms with E-state index >= 15 is 0 Å². The zero-order chi connectivity index (χ0) is 12.1. The summed E-state index contributed by atoms with van der Waals surface area (Å²) in [6, 6.07) is 2.60. The summed E-state index contributed by atoms with van der Waals surface area (Å²) in [6.45, 7) is 4.10. The Morgan fingerprint density at radius 2 is 2.24 bits per heavy atom. The average molecular weight is 237 g/mol. The van der Waals surface area contributed by atoms with Gasteiger partial charge in [-0.1, -0.05) is 0 Å². The maximum absolute atomic E-state index is 9.63. The minimum atomic E-state index is -0.273. The van der Waals surface area contributed by atoms with Crippen LogP contribution in [0.5, 0.6) is 0 Å². The van der Waals surface area contributed by atoms with Crippen molar-refractivity contribution in [3.8, 4) is 6.07 Å². The molecule has 4 nitrogen and oxygen atoms in total. The predicted molar refractivity (Wildman–Crippen MR) is 66.7 cm³/mol. The van der Waals surface area contributed by atoms with Crippen molar-refractivity contribution in [3.63, 3.8) is 0 Å². The summed E-state index contributed by atoms with van der Waals surface area (Å²) >= 11 is 0. The molecule has 0 spiro atoms. The summed E-state index contributed by atoms with van der Waals surface area (Å²) in [5.74, 6) is 0. The molecular formula is C13H23N3O. The number of rotatable bonds is 2. The summed E-state index contributed by atoms with van der Waals surface area (Å²) < 4.78 is 5.48. The molecular weight excluding hydrogens is 214 g/mol. The van der Waals surface area contributed by atoms with E-state index in [-0.39, 0.29) is 11.6 Å². The van der Waals surface area contributed by atoms with E-state index in [1.54, 1.807) is 7.11 Å². The first-order chi connectivity index (χ1) is 8.30. The van der Waals surface area contributed by atoms with Crippen molar-refractivity contribution in [2.45, 2.75) is 43.7 Å². The maximum Gasteiger partial charge on any atom is 0.111 e. The normalized spacial score (nSPS) is 36.1. The second-order valence-electron chi connectivity index (χ2n) is 5.19. The molecule has 17 heavy (non-hydrogen) atoms. The number of nitrogens with one attached hydrogen (secondary N) is 1. The molecule has 2 atom stereocenters. The highest BCUT2D eigenvalue weighted by Crippen LogP contribution is 2.34. The van der Waals surface area contributed by atoms with E-state index in [4.69, 9.17) is 4.74 Å². The Hall–Kier alpha value is -0.630. The largest absolute Gasteiger partial charge is 0.381 e. The molecule has 0 aromatic carbocycles. The highest BCUT2D eigenvalue weighted by molar-refractivity contribution is 5.11. The number of nitrogens with zero attached hydrogens (tertiary/aromatic N) is 2. The monoisotopic (exact) mass is 237 g/mol. The SMILES string of the molecule is COC1CCCC(C#N)(N2CCCNCC2)C1. The van der Waals surface area contributed by atoms with Gasteiger partial charge in [-0.25, -0.2) is 0 Å². The van der Waals surface area contributed by atoms with E-state index in [2.05, 4.69) is 16.3 Å². The van der Waals surface area contributed by atoms with Crippen molar-refractivity contribution in [1.29, 1.82) is 5.26 Å². The molecule has 1 aliphatic carbocycles. The van der Waals surface area contributed by atoms with Crippen LogP contribution in [0.3, 0.4) is 0 Å². The first kappa shape index (κ1) is 12.8. The fourth-order valence-electron chi connectivity index (χ4n) is 3.14. The van der Waals surface area contributed by atoms with Gasteiger partial charge >= 0.3 is 0 Å². The number of hydrogen-bond acceptors (Lipinski definition) is 4. The van der Waals surface area contributed by atoms with Crippen LogP contribution in [-0.2, 0) is 4.74 Å². The van der Waals surface area contributed by atoms with Crippen LogP contribution >= 0.6 is 0 Å². The summed E-state index contributed by atoms with van der Waals surface area (Å²) in [6.07, 6.45) is 5.49. The van der Waals surface area contributed by atoms with Crippen LogP contribution in [0.4, 0.5) is 0 Å². The summed E-state index contributed by atoms with van der Waals surface area (Å²) in [5, 5.41) is 13.0. The van der Waals surface area contributed by atoms with Crippen molar-refractivity contribution in [2.24, 2.45) is 0 Å². The van der Waals surface area contributed by atoms with Crippen LogP contribution in [0.2, 0.25) is 0 Å². The lowest BCUT2D eigenvalue weighted by Crippen LogP contribution is -2.53. The van der Waals surface area contributed by atoms with Gasteiger partial charge in [-0.2, -0.15) is 5.26 Å². The molecule has 0 bridgehead atoms. The molecule has 1 heterocycles. The van der Waals surface area contributed by atoms with Gasteiger partial charge in [0.25, 0.3) is 0 Å². The van der Waals surface area contributed by atoms with Crippen LogP contribution in [0.25, 0.3) is 0 Å². The van der Waals surface area contributed by atoms with Gasteiger partial charge in [-0.05, 0) is 32.2 Å². The molecule has 2 rings (SSSR count). The Labute approximate surface area is 104 Å². The zero-order valence-electron chi connectivity index (χ0n) is 10.7. The van der Waals surface area contributed by atoms with Crippen LogP contribution in [0.15, 0.2) is 0 Å². The molecule has 1 saturated heterocycles. The van der Waals surface area contributed by atoms with E-state index in [9.17, 15) is 5.26 Å². The topological polar surface area (TPSA) is 48.3 Å². The van der Waals surface area contributed by atoms with Crippen molar-refractivity contribution in [1.82, 2.24) is 10.2 Å². The van der Waals surface area contributed by atoms with Crippen LogP contribution < -0.4 is 5.32 Å². The number of methoxy groups -OCH3 is 1. The Bertz CT molecular complexity index is 281. The highest BCUT2D eigenvalue weighted by atomic mass is 16.5. The molecule has 96 valence electrons. The fraction of sp³-hybridized carbons (Fsp3) is 0.923. The van der Waals surface area contributed by atoms with E-state index in [0.717, 1.165) is 58.3 Å². The third kappa shape index (κ3) is 2.79. The summed E-state index contributed by atoms with van der Waals surface area (Å²) in [7, 11) is 1.77. The van der Waals surface area contributed by atoms with Gasteiger partial charge in [-0.15, -0.1) is 0 Å². The number of hydrogen-bond donors (Lipinski definition) is 1. The molecule has 4 heteroatoms. The Balaban J connectivity index is 2.09. The highest BCUT2D eigenvalue weighted by Gasteiger charge is 2.41. The zero-order valence-corrected chi connectivity index (χ0v) is 10.7. The van der Waals surface area contributed by atoms with E-state index in [1.165, 1.54) is 0 Å². The molecule has 2 unspecified atom stereocenters. The first-order valence-electron chi connectivity index (χ1n) is 6.70. The van der Waals surface area contributed by atoms with Gasteiger partial charge in [-0.3, -0.25) is 4.90 Å². The van der Waals surface area contributed by atoms with E-state index in [0.29, 0.717) is 0 Å². The Morgan fingerprint density at radius 3 is 3.00 bits per heavy atom. The van der Waals surface area contributed by atoms with Crippen LogP contribution in [-0.4, -0.2) is 49.8 Å². The lowest BCUT2D eigenvalue weighted by Gasteiger charge is -2.43. The van der Waals surface area contributed by atoms with Crippen molar-refractivity contribution in [3.05, 3.63) is 0 Å². The lowest BCUT2D eigenvalue weighted by molar-refractivity contribution is 0.00228. The van der Waals surface area contributed by atoms with Gasteiger partial charge in [0.15, 0.2) is 0 Å². The second kappa shape index (κ2) is 5.81. The average Bonchev–Trinajstić information content (AvgIpc) is 2.68. The summed E-state index contributed by atoms with van der Waals surface area (Å²) in [5.41, 5.74) is -0.273. The smallest absolute Gasteiger partial charge is 0.111 e. The van der Waals surface area contributed by atoms with Crippen LogP contribution in [0.1, 0.15) is 32.1 Å². The summed E-state index contributed by atoms with van der Waals surface area (Å²) in [4.78, 5) is 2.39. The van der Waals surface area contributed by atoms with E-state index < -0.39 is 0 Å². The van der Waals surface area contributed by atoms with Gasteiger partial charge in [0.1, 0.15) is 5.54 Å².